The van der Waals surface area contributed by atoms with Gasteiger partial charge in [0.1, 0.15) is 12.1 Å². The molecule has 9 rings (SSSR count). The average molecular weight is 805 g/mol. The number of anilines is 2. The molecule has 3 N–H and O–H groups in total. The van der Waals surface area contributed by atoms with Gasteiger partial charge < -0.3 is 24.8 Å². The molecule has 1 aromatic heterocycles. The van der Waals surface area contributed by atoms with Crippen molar-refractivity contribution in [3.05, 3.63) is 76.5 Å². The van der Waals surface area contributed by atoms with E-state index in [-0.39, 0.29) is 48.8 Å². The van der Waals surface area contributed by atoms with Gasteiger partial charge in [-0.05, 0) is 126 Å². The van der Waals surface area contributed by atoms with Gasteiger partial charge in [0.2, 0.25) is 11.8 Å². The van der Waals surface area contributed by atoms with Crippen molar-refractivity contribution in [3.8, 4) is 0 Å². The Morgan fingerprint density at radius 2 is 1.58 bits per heavy atom. The number of fused-ring (bicyclic) bond motifs is 1. The number of ether oxygens (including phenoxy) is 1. The maximum Gasteiger partial charge on any atom is 0.410 e. The fourth-order valence-corrected chi connectivity index (χ4v) is 9.88. The number of aromatic amines is 1. The van der Waals surface area contributed by atoms with E-state index >= 15 is 0 Å². The molecule has 1 aliphatic carbocycles. The first-order valence-electron chi connectivity index (χ1n) is 21.3. The Labute approximate surface area is 343 Å². The van der Waals surface area contributed by atoms with Crippen LogP contribution in [0, 0.1) is 5.92 Å². The summed E-state index contributed by atoms with van der Waals surface area (Å²) in [4.78, 5) is 83.7. The molecule has 6 aliphatic rings. The van der Waals surface area contributed by atoms with Crippen molar-refractivity contribution in [1.29, 1.82) is 0 Å². The van der Waals surface area contributed by atoms with Gasteiger partial charge in [0.15, 0.2) is 5.82 Å². The van der Waals surface area contributed by atoms with Gasteiger partial charge >= 0.3 is 6.09 Å². The number of benzene rings is 2. The molecule has 5 aliphatic heterocycles. The molecule has 3 aromatic rings. The first-order valence-corrected chi connectivity index (χ1v) is 21.3. The van der Waals surface area contributed by atoms with Gasteiger partial charge in [0.25, 0.3) is 17.7 Å². The number of hydrogen-bond donors (Lipinski definition) is 3. The van der Waals surface area contributed by atoms with E-state index in [2.05, 4.69) is 42.8 Å². The first kappa shape index (κ1) is 38.9. The van der Waals surface area contributed by atoms with Gasteiger partial charge in [-0.25, -0.2) is 4.79 Å². The third kappa shape index (κ3) is 7.96. The van der Waals surface area contributed by atoms with E-state index in [0.717, 1.165) is 107 Å². The predicted octanol–water partition coefficient (Wildman–Crippen LogP) is 5.03. The third-order valence-corrected chi connectivity index (χ3v) is 13.6. The maximum absolute atomic E-state index is 13.3. The number of piperidine rings is 3. The number of carbonyl (C=O) groups excluding carboxylic acids is 6. The molecule has 1 saturated carbocycles. The lowest BCUT2D eigenvalue weighted by atomic mass is 9.88. The molecule has 1 unspecified atom stereocenters. The summed E-state index contributed by atoms with van der Waals surface area (Å²) in [6, 6.07) is 14.5. The van der Waals surface area contributed by atoms with Crippen molar-refractivity contribution < 1.29 is 33.5 Å². The Bertz CT molecular complexity index is 2140. The number of imide groups is 2. The molecule has 2 aromatic carbocycles. The molecule has 4 saturated heterocycles. The third-order valence-electron chi connectivity index (χ3n) is 13.6. The first-order chi connectivity index (χ1) is 28.6. The second-order valence-corrected chi connectivity index (χ2v) is 17.3. The second kappa shape index (κ2) is 16.2. The fourth-order valence-electron chi connectivity index (χ4n) is 9.88. The summed E-state index contributed by atoms with van der Waals surface area (Å²) in [6.07, 6.45) is 7.60. The molecule has 15 heteroatoms. The van der Waals surface area contributed by atoms with Crippen molar-refractivity contribution in [2.75, 3.05) is 49.5 Å². The summed E-state index contributed by atoms with van der Waals surface area (Å²) in [7, 11) is 0. The molecule has 0 radical (unpaired) electrons. The minimum atomic E-state index is -0.968. The van der Waals surface area contributed by atoms with Crippen molar-refractivity contribution in [2.24, 2.45) is 5.92 Å². The van der Waals surface area contributed by atoms with Gasteiger partial charge in [-0.2, -0.15) is 5.10 Å². The Balaban J connectivity index is 0.703. The van der Waals surface area contributed by atoms with E-state index < -0.39 is 23.8 Å². The van der Waals surface area contributed by atoms with Crippen LogP contribution in [0.4, 0.5) is 16.3 Å². The Kier molecular flexibility index (Phi) is 10.7. The van der Waals surface area contributed by atoms with Crippen molar-refractivity contribution in [3.63, 3.8) is 0 Å². The van der Waals surface area contributed by atoms with Gasteiger partial charge in [0, 0.05) is 67.6 Å². The van der Waals surface area contributed by atoms with Crippen LogP contribution in [0.2, 0.25) is 0 Å². The Morgan fingerprint density at radius 1 is 0.814 bits per heavy atom. The SMILES string of the molecule is C[C@@H]1CCN1C(=O)O[C@@H]1CC[C@H](c2cc(NC(=O)c3ccc(C4CCN(CC5CCN(c6ccc7c(c6)C(=O)N(C6CCC(=O)NC6=O)C7=O)CC5)CC4)cc3)n[nH]2)C1. The van der Waals surface area contributed by atoms with Crippen LogP contribution in [-0.2, 0) is 14.3 Å². The smallest absolute Gasteiger partial charge is 0.410 e. The summed E-state index contributed by atoms with van der Waals surface area (Å²) in [5, 5.41) is 12.6. The van der Waals surface area contributed by atoms with E-state index in [9.17, 15) is 28.8 Å². The van der Waals surface area contributed by atoms with Crippen LogP contribution < -0.4 is 15.5 Å². The summed E-state index contributed by atoms with van der Waals surface area (Å²) >= 11 is 0. The number of H-pyrrole nitrogens is 1. The monoisotopic (exact) mass is 804 g/mol. The summed E-state index contributed by atoms with van der Waals surface area (Å²) in [6.45, 7) is 7.64. The van der Waals surface area contributed by atoms with Crippen molar-refractivity contribution in [1.82, 2.24) is 30.2 Å². The lowest BCUT2D eigenvalue weighted by molar-refractivity contribution is -0.136. The molecule has 5 fully saturated rings. The van der Waals surface area contributed by atoms with Crippen LogP contribution in [0.3, 0.4) is 0 Å². The zero-order valence-corrected chi connectivity index (χ0v) is 33.5. The number of rotatable bonds is 9. The normalized spacial score (nSPS) is 25.5. The Morgan fingerprint density at radius 3 is 2.29 bits per heavy atom. The van der Waals surface area contributed by atoms with E-state index in [1.165, 1.54) is 5.56 Å². The average Bonchev–Trinajstić information content (AvgIpc) is 3.96. The summed E-state index contributed by atoms with van der Waals surface area (Å²) in [5.41, 5.74) is 4.31. The minimum absolute atomic E-state index is 0.0949. The number of amides is 6. The molecule has 0 bridgehead atoms. The van der Waals surface area contributed by atoms with E-state index in [4.69, 9.17) is 4.74 Å². The van der Waals surface area contributed by atoms with Gasteiger partial charge in [-0.1, -0.05) is 12.1 Å². The quantitative estimate of drug-likeness (QED) is 0.249. The molecule has 59 heavy (non-hydrogen) atoms. The molecule has 6 amide bonds. The van der Waals surface area contributed by atoms with Crippen molar-refractivity contribution >= 4 is 47.1 Å². The highest BCUT2D eigenvalue weighted by atomic mass is 16.6. The zero-order valence-electron chi connectivity index (χ0n) is 33.5. The number of hydrogen-bond acceptors (Lipinski definition) is 10. The summed E-state index contributed by atoms with van der Waals surface area (Å²) in [5.74, 6) is -0.446. The highest BCUT2D eigenvalue weighted by Gasteiger charge is 2.45. The molecular formula is C44H52N8O7. The number of likely N-dealkylation sites (tertiary alicyclic amines) is 2. The zero-order chi connectivity index (χ0) is 40.8. The van der Waals surface area contributed by atoms with Crippen LogP contribution in [0.1, 0.15) is 125 Å². The lowest BCUT2D eigenvalue weighted by Crippen LogP contribution is -2.54. The molecule has 6 heterocycles. The topological polar surface area (TPSA) is 177 Å². The van der Waals surface area contributed by atoms with Crippen LogP contribution in [-0.4, -0.2) is 118 Å². The molecule has 15 nitrogen and oxygen atoms in total. The number of aromatic nitrogens is 2. The predicted molar refractivity (Wildman–Crippen MR) is 217 cm³/mol. The summed E-state index contributed by atoms with van der Waals surface area (Å²) < 4.78 is 5.76. The molecular weight excluding hydrogens is 753 g/mol. The lowest BCUT2D eigenvalue weighted by Gasteiger charge is -2.38. The highest BCUT2D eigenvalue weighted by molar-refractivity contribution is 6.23. The van der Waals surface area contributed by atoms with Crippen LogP contribution >= 0.6 is 0 Å². The van der Waals surface area contributed by atoms with Gasteiger partial charge in [-0.3, -0.25) is 39.3 Å². The minimum Gasteiger partial charge on any atom is -0.446 e. The van der Waals surface area contributed by atoms with E-state index in [1.807, 2.05) is 31.2 Å². The van der Waals surface area contributed by atoms with Gasteiger partial charge in [0.05, 0.1) is 11.1 Å². The van der Waals surface area contributed by atoms with Gasteiger partial charge in [-0.15, -0.1) is 0 Å². The standard InChI is InChI=1S/C44H52N8O7/c1-26-12-21-51(26)44(58)59-33-8-6-31(22-33)36-24-38(48-47-36)45-40(54)30-4-2-28(3-5-30)29-15-17-49(18-16-29)25-27-13-19-50(20-14-27)32-7-9-34-35(23-32)43(57)52(42(34)56)37-10-11-39(53)46-41(37)55/h2-5,7,9,23-24,26-27,29,31,33,37H,6,8,10-22,25H2,1H3,(H,46,53,55)(H2,45,47,48,54)/t26-,31+,33-,37?/m1/s1. The highest BCUT2D eigenvalue weighted by Crippen LogP contribution is 2.37. The van der Waals surface area contributed by atoms with E-state index in [1.54, 1.807) is 17.0 Å². The number of carbonyl (C=O) groups is 6. The van der Waals surface area contributed by atoms with Crippen LogP contribution in [0.25, 0.3) is 0 Å². The largest absolute Gasteiger partial charge is 0.446 e. The fraction of sp³-hybridized carbons (Fsp3) is 0.523. The molecule has 310 valence electrons. The maximum atomic E-state index is 13.3. The van der Waals surface area contributed by atoms with Crippen molar-refractivity contribution in [2.45, 2.75) is 101 Å². The number of nitrogens with zero attached hydrogens (tertiary/aromatic N) is 5. The Hall–Kier alpha value is -5.57. The second-order valence-electron chi connectivity index (χ2n) is 17.3. The van der Waals surface area contributed by atoms with Crippen LogP contribution in [0.15, 0.2) is 48.5 Å². The van der Waals surface area contributed by atoms with E-state index in [0.29, 0.717) is 34.3 Å². The number of nitrogens with one attached hydrogen (secondary N) is 3. The molecule has 4 atom stereocenters. The molecule has 0 spiro atoms. The van der Waals surface area contributed by atoms with Crippen LogP contribution in [0.5, 0.6) is 0 Å².